The maximum atomic E-state index is 13.4. The minimum absolute atomic E-state index is 0.0427. The molecule has 4 bridgehead atoms. The molecule has 0 aromatic carbocycles. The van der Waals surface area contributed by atoms with E-state index in [1.807, 2.05) is 11.8 Å². The molecule has 6 rings (SSSR count). The Labute approximate surface area is 180 Å². The maximum absolute atomic E-state index is 13.4. The zero-order valence-electron chi connectivity index (χ0n) is 17.8. The van der Waals surface area contributed by atoms with Gasteiger partial charge in [0.1, 0.15) is 5.82 Å². The van der Waals surface area contributed by atoms with E-state index >= 15 is 0 Å². The number of alkyl halides is 3. The first-order valence-electron chi connectivity index (χ1n) is 11.4. The number of nitrogens with zero attached hydrogens (tertiary/aromatic N) is 2. The lowest BCUT2D eigenvalue weighted by molar-refractivity contribution is -0.196. The van der Waals surface area contributed by atoms with Gasteiger partial charge in [0.05, 0.1) is 16.6 Å². The van der Waals surface area contributed by atoms with Crippen LogP contribution in [0.25, 0.3) is 0 Å². The Hall–Kier alpha value is -1.83. The third-order valence-electron chi connectivity index (χ3n) is 8.48. The Morgan fingerprint density at radius 3 is 2.55 bits per heavy atom. The number of rotatable bonds is 3. The van der Waals surface area contributed by atoms with Crippen molar-refractivity contribution in [2.24, 2.45) is 23.2 Å². The predicted molar refractivity (Wildman–Crippen MR) is 109 cm³/mol. The second-order valence-electron chi connectivity index (χ2n) is 10.5. The predicted octanol–water partition coefficient (Wildman–Crippen LogP) is 3.76. The molecule has 0 spiro atoms. The number of nitrogens with one attached hydrogen (secondary N) is 1. The Morgan fingerprint density at radius 2 is 1.94 bits per heavy atom. The minimum atomic E-state index is -4.40. The number of carbonyl (C=O) groups excluding carboxylic acids is 1. The molecule has 31 heavy (non-hydrogen) atoms. The van der Waals surface area contributed by atoms with E-state index in [1.165, 1.54) is 6.07 Å². The molecule has 1 saturated heterocycles. The molecule has 2 N–H and O–H groups in total. The Balaban J connectivity index is 1.25. The first-order chi connectivity index (χ1) is 14.6. The summed E-state index contributed by atoms with van der Waals surface area (Å²) >= 11 is 0. The highest BCUT2D eigenvalue weighted by Crippen LogP contribution is 2.63. The molecular weight excluding hydrogens is 407 g/mol. The summed E-state index contributed by atoms with van der Waals surface area (Å²) in [5.74, 6) is 1.54. The van der Waals surface area contributed by atoms with Gasteiger partial charge in [0, 0.05) is 25.3 Å². The number of piperidine rings is 1. The van der Waals surface area contributed by atoms with Crippen LogP contribution in [0.3, 0.4) is 0 Å². The minimum Gasteiger partial charge on any atom is -0.390 e. The zero-order valence-corrected chi connectivity index (χ0v) is 17.8. The van der Waals surface area contributed by atoms with Gasteiger partial charge < -0.3 is 15.3 Å². The number of amides is 1. The van der Waals surface area contributed by atoms with Crippen LogP contribution in [0.4, 0.5) is 19.0 Å². The van der Waals surface area contributed by atoms with E-state index in [-0.39, 0.29) is 29.2 Å². The number of hydrogen-bond acceptors (Lipinski definition) is 4. The van der Waals surface area contributed by atoms with Crippen LogP contribution in [-0.2, 0) is 11.0 Å². The normalized spacial score (nSPS) is 39.6. The van der Waals surface area contributed by atoms with E-state index in [0.29, 0.717) is 24.8 Å². The highest BCUT2D eigenvalue weighted by Gasteiger charge is 2.62. The smallest absolute Gasteiger partial charge is 0.390 e. The SMILES string of the molecule is CC1(O)C2CC3CC1CC(C(=O)NC1CCCN(c4ccc(C(F)(F)F)cn4)C1)(C3)C2. The lowest BCUT2D eigenvalue weighted by atomic mass is 9.44. The van der Waals surface area contributed by atoms with Crippen LogP contribution in [-0.4, -0.2) is 40.7 Å². The van der Waals surface area contributed by atoms with Gasteiger partial charge in [-0.3, -0.25) is 4.79 Å². The Kier molecular flexibility index (Phi) is 4.81. The summed E-state index contributed by atoms with van der Waals surface area (Å²) in [6, 6.07) is 2.43. The van der Waals surface area contributed by atoms with E-state index in [0.717, 1.165) is 57.2 Å². The van der Waals surface area contributed by atoms with Crippen molar-refractivity contribution in [2.75, 3.05) is 18.0 Å². The molecule has 1 amide bonds. The number of pyridine rings is 1. The quantitative estimate of drug-likeness (QED) is 0.756. The average Bonchev–Trinajstić information content (AvgIpc) is 2.71. The van der Waals surface area contributed by atoms with Gasteiger partial charge in [-0.05, 0) is 81.8 Å². The number of anilines is 1. The van der Waals surface area contributed by atoms with E-state index in [9.17, 15) is 23.1 Å². The first kappa shape index (κ1) is 21.0. The van der Waals surface area contributed by atoms with Crippen molar-refractivity contribution in [3.63, 3.8) is 0 Å². The van der Waals surface area contributed by atoms with Crippen LogP contribution in [0, 0.1) is 23.2 Å². The number of aromatic nitrogens is 1. The summed E-state index contributed by atoms with van der Waals surface area (Å²) in [6.45, 7) is 3.21. The molecule has 3 unspecified atom stereocenters. The summed E-state index contributed by atoms with van der Waals surface area (Å²) in [6.07, 6.45) is 2.66. The maximum Gasteiger partial charge on any atom is 0.417 e. The molecule has 5 aliphatic rings. The molecule has 170 valence electrons. The zero-order chi connectivity index (χ0) is 22.0. The van der Waals surface area contributed by atoms with Crippen molar-refractivity contribution in [3.8, 4) is 0 Å². The second-order valence-corrected chi connectivity index (χ2v) is 10.5. The third-order valence-corrected chi connectivity index (χ3v) is 8.48. The summed E-state index contributed by atoms with van der Waals surface area (Å²) < 4.78 is 38.4. The van der Waals surface area contributed by atoms with Gasteiger partial charge in [-0.15, -0.1) is 0 Å². The monoisotopic (exact) mass is 437 g/mol. The van der Waals surface area contributed by atoms with E-state index < -0.39 is 17.3 Å². The summed E-state index contributed by atoms with van der Waals surface area (Å²) in [5, 5.41) is 14.2. The molecule has 1 aromatic rings. The van der Waals surface area contributed by atoms with Crippen LogP contribution in [0.15, 0.2) is 18.3 Å². The third kappa shape index (κ3) is 3.60. The van der Waals surface area contributed by atoms with Gasteiger partial charge in [-0.1, -0.05) is 0 Å². The van der Waals surface area contributed by atoms with Crippen LogP contribution in [0.2, 0.25) is 0 Å². The molecule has 5 nitrogen and oxygen atoms in total. The highest BCUT2D eigenvalue weighted by atomic mass is 19.4. The molecule has 0 radical (unpaired) electrons. The topological polar surface area (TPSA) is 65.5 Å². The lowest BCUT2D eigenvalue weighted by Crippen LogP contribution is -2.64. The van der Waals surface area contributed by atoms with Crippen LogP contribution in [0.5, 0.6) is 0 Å². The summed E-state index contributed by atoms with van der Waals surface area (Å²) in [7, 11) is 0. The molecular formula is C23H30F3N3O2. The molecule has 5 fully saturated rings. The van der Waals surface area contributed by atoms with Crippen LogP contribution >= 0.6 is 0 Å². The number of aliphatic hydroxyl groups is 1. The van der Waals surface area contributed by atoms with E-state index in [1.54, 1.807) is 0 Å². The van der Waals surface area contributed by atoms with Crippen LogP contribution < -0.4 is 10.2 Å². The number of hydrogen-bond donors (Lipinski definition) is 2. The molecule has 3 atom stereocenters. The number of halogens is 3. The second kappa shape index (κ2) is 7.09. The molecule has 1 aliphatic heterocycles. The molecule has 2 heterocycles. The summed E-state index contributed by atoms with van der Waals surface area (Å²) in [4.78, 5) is 19.4. The van der Waals surface area contributed by atoms with Gasteiger partial charge in [-0.2, -0.15) is 13.2 Å². The van der Waals surface area contributed by atoms with Crippen molar-refractivity contribution < 1.29 is 23.1 Å². The van der Waals surface area contributed by atoms with Gasteiger partial charge >= 0.3 is 6.18 Å². The van der Waals surface area contributed by atoms with Crippen LogP contribution in [0.1, 0.15) is 57.4 Å². The van der Waals surface area contributed by atoms with Gasteiger partial charge in [0.15, 0.2) is 0 Å². The first-order valence-corrected chi connectivity index (χ1v) is 11.4. The highest BCUT2D eigenvalue weighted by molar-refractivity contribution is 5.83. The van der Waals surface area contributed by atoms with Gasteiger partial charge in [0.25, 0.3) is 0 Å². The van der Waals surface area contributed by atoms with Crippen molar-refractivity contribution in [1.82, 2.24) is 10.3 Å². The van der Waals surface area contributed by atoms with E-state index in [2.05, 4.69) is 10.3 Å². The average molecular weight is 438 g/mol. The fourth-order valence-electron chi connectivity index (χ4n) is 6.86. The molecule has 4 saturated carbocycles. The molecule has 4 aliphatic carbocycles. The van der Waals surface area contributed by atoms with Gasteiger partial charge in [0.2, 0.25) is 5.91 Å². The Morgan fingerprint density at radius 1 is 1.23 bits per heavy atom. The van der Waals surface area contributed by atoms with Crippen molar-refractivity contribution in [3.05, 3.63) is 23.9 Å². The largest absolute Gasteiger partial charge is 0.417 e. The molecule has 8 heteroatoms. The summed E-state index contributed by atoms with van der Waals surface area (Å²) in [5.41, 5.74) is -1.78. The number of carbonyl (C=O) groups is 1. The standard InChI is InChI=1S/C23H30F3N3O2/c1-21(31)16-7-14-8-17(21)11-22(9-14,10-16)20(30)28-18-3-2-6-29(13-18)19-5-4-15(12-27-19)23(24,25)26/h4-5,12,14,16-18,31H,2-3,6-11,13H2,1H3,(H,28,30). The Bertz CT molecular complexity index is 837. The molecule has 1 aromatic heterocycles. The fraction of sp³-hybridized carbons (Fsp3) is 0.739. The van der Waals surface area contributed by atoms with Crippen molar-refractivity contribution in [1.29, 1.82) is 0 Å². The van der Waals surface area contributed by atoms with Gasteiger partial charge in [-0.25, -0.2) is 4.98 Å². The van der Waals surface area contributed by atoms with Crippen molar-refractivity contribution >= 4 is 11.7 Å². The fourth-order valence-corrected chi connectivity index (χ4v) is 6.86. The van der Waals surface area contributed by atoms with Crippen molar-refractivity contribution in [2.45, 2.75) is 69.7 Å². The lowest BCUT2D eigenvalue weighted by Gasteiger charge is -2.62. The van der Waals surface area contributed by atoms with E-state index in [4.69, 9.17) is 0 Å².